The molecule has 0 fully saturated rings. The summed E-state index contributed by atoms with van der Waals surface area (Å²) in [5.74, 6) is -0.936. The lowest BCUT2D eigenvalue weighted by Crippen LogP contribution is -2.01. The van der Waals surface area contributed by atoms with Crippen molar-refractivity contribution in [2.45, 2.75) is 0 Å². The van der Waals surface area contributed by atoms with E-state index in [0.717, 1.165) is 10.9 Å². The lowest BCUT2D eigenvalue weighted by molar-refractivity contribution is -0.130. The molecule has 0 spiro atoms. The van der Waals surface area contributed by atoms with E-state index < -0.39 is 5.97 Å². The van der Waals surface area contributed by atoms with E-state index in [1.54, 1.807) is 18.3 Å². The van der Waals surface area contributed by atoms with Crippen LogP contribution in [0.5, 0.6) is 0 Å². The normalized spacial score (nSPS) is 11.7. The van der Waals surface area contributed by atoms with Gasteiger partial charge in [0.05, 0.1) is 11.1 Å². The molecule has 0 saturated carbocycles. The molecule has 3 aromatic rings. The minimum Gasteiger partial charge on any atom is -0.478 e. The van der Waals surface area contributed by atoms with E-state index in [0.29, 0.717) is 5.56 Å². The Balaban J connectivity index is 2.15. The molecule has 3 nitrogen and oxygen atoms in total. The zero-order chi connectivity index (χ0) is 13.9. The summed E-state index contributed by atoms with van der Waals surface area (Å²) in [4.78, 5) is 11.5. The van der Waals surface area contributed by atoms with Crippen molar-refractivity contribution in [3.8, 4) is 0 Å². The Hall–Kier alpha value is -2.81. The maximum atomic E-state index is 11.5. The van der Waals surface area contributed by atoms with Crippen molar-refractivity contribution in [1.82, 2.24) is 4.57 Å². The van der Waals surface area contributed by atoms with E-state index in [2.05, 4.69) is 0 Å². The molecule has 0 atom stereocenters. The highest BCUT2D eigenvalue weighted by Crippen LogP contribution is 2.20. The first kappa shape index (κ1) is 12.2. The highest BCUT2D eigenvalue weighted by Gasteiger charge is 2.10. The fourth-order valence-electron chi connectivity index (χ4n) is 2.23. The summed E-state index contributed by atoms with van der Waals surface area (Å²) in [6.07, 6.45) is 3.52. The first-order chi connectivity index (χ1) is 9.75. The molecule has 1 N–H and O–H groups in total. The van der Waals surface area contributed by atoms with Gasteiger partial charge in [-0.2, -0.15) is 0 Å². The largest absolute Gasteiger partial charge is 0.478 e. The molecule has 3 rings (SSSR count). The monoisotopic (exact) mass is 263 g/mol. The van der Waals surface area contributed by atoms with Gasteiger partial charge in [-0.15, -0.1) is 0 Å². The third-order valence-electron chi connectivity index (χ3n) is 3.21. The van der Waals surface area contributed by atoms with Crippen LogP contribution in [0.1, 0.15) is 5.56 Å². The Morgan fingerprint density at radius 1 is 0.950 bits per heavy atom. The fourth-order valence-corrected chi connectivity index (χ4v) is 2.23. The summed E-state index contributed by atoms with van der Waals surface area (Å²) in [5.41, 5.74) is 1.95. The zero-order valence-corrected chi connectivity index (χ0v) is 10.7. The van der Waals surface area contributed by atoms with Gasteiger partial charge in [-0.05, 0) is 23.1 Å². The third-order valence-corrected chi connectivity index (χ3v) is 3.21. The number of hydrogen-bond donors (Lipinski definition) is 1. The smallest absolute Gasteiger partial charge is 0.337 e. The molecule has 20 heavy (non-hydrogen) atoms. The molecule has 0 amide bonds. The number of hydrogen-bond acceptors (Lipinski definition) is 1. The van der Waals surface area contributed by atoms with Gasteiger partial charge in [-0.3, -0.25) is 0 Å². The molecular weight excluding hydrogens is 250 g/mol. The van der Waals surface area contributed by atoms with E-state index in [-0.39, 0.29) is 5.57 Å². The summed E-state index contributed by atoms with van der Waals surface area (Å²) in [7, 11) is 0. The molecule has 0 radical (unpaired) electrons. The van der Waals surface area contributed by atoms with E-state index >= 15 is 0 Å². The van der Waals surface area contributed by atoms with Crippen LogP contribution in [0.2, 0.25) is 0 Å². The fraction of sp³-hybridized carbons (Fsp3) is 0. The molecule has 98 valence electrons. The second kappa shape index (κ2) is 5.05. The molecule has 0 aliphatic carbocycles. The number of para-hydroxylation sites is 1. The maximum absolute atomic E-state index is 11.5. The lowest BCUT2D eigenvalue weighted by atomic mass is 10.1. The molecule has 0 aliphatic rings. The van der Waals surface area contributed by atoms with E-state index in [4.69, 9.17) is 0 Å². The Morgan fingerprint density at radius 3 is 2.40 bits per heavy atom. The van der Waals surface area contributed by atoms with Gasteiger partial charge in [0.25, 0.3) is 0 Å². The predicted molar refractivity (Wildman–Crippen MR) is 80.2 cm³/mol. The number of aromatic nitrogens is 1. The van der Waals surface area contributed by atoms with E-state index in [1.165, 1.54) is 0 Å². The van der Waals surface area contributed by atoms with Crippen molar-refractivity contribution >= 4 is 28.6 Å². The minimum atomic E-state index is -0.936. The number of fused-ring (bicyclic) bond motifs is 1. The molecule has 3 heteroatoms. The van der Waals surface area contributed by atoms with Gasteiger partial charge in [0.15, 0.2) is 0 Å². The molecule has 1 aromatic heterocycles. The second-order valence-corrected chi connectivity index (χ2v) is 4.50. The first-order valence-electron chi connectivity index (χ1n) is 6.32. The van der Waals surface area contributed by atoms with Crippen molar-refractivity contribution in [3.05, 3.63) is 72.4 Å². The molecule has 1 heterocycles. The Morgan fingerprint density at radius 2 is 1.65 bits per heavy atom. The number of nitrogens with zero attached hydrogens (tertiary/aromatic N) is 1. The molecular formula is C17H13NO2. The van der Waals surface area contributed by atoms with Crippen LogP contribution in [-0.4, -0.2) is 15.6 Å². The molecule has 0 saturated heterocycles. The van der Waals surface area contributed by atoms with Gasteiger partial charge in [0.2, 0.25) is 0 Å². The van der Waals surface area contributed by atoms with Gasteiger partial charge >= 0.3 is 5.97 Å². The first-order valence-corrected chi connectivity index (χ1v) is 6.32. The average Bonchev–Trinajstić information content (AvgIpc) is 2.88. The Kier molecular flexibility index (Phi) is 3.09. The lowest BCUT2D eigenvalue weighted by Gasteiger charge is -2.04. The van der Waals surface area contributed by atoms with Gasteiger partial charge in [0.1, 0.15) is 0 Å². The Bertz CT molecular complexity index is 785. The van der Waals surface area contributed by atoms with E-state index in [9.17, 15) is 9.90 Å². The van der Waals surface area contributed by atoms with Crippen LogP contribution in [0.15, 0.2) is 66.9 Å². The minimum absolute atomic E-state index is 0.270. The van der Waals surface area contributed by atoms with Crippen molar-refractivity contribution in [1.29, 1.82) is 0 Å². The molecule has 0 bridgehead atoms. The van der Waals surface area contributed by atoms with Crippen LogP contribution in [0.3, 0.4) is 0 Å². The molecule has 0 aliphatic heterocycles. The number of aliphatic carboxylic acids is 1. The maximum Gasteiger partial charge on any atom is 0.337 e. The number of carbonyl (C=O) groups is 1. The number of carboxylic acid groups (broad SMARTS) is 1. The van der Waals surface area contributed by atoms with Crippen molar-refractivity contribution in [3.63, 3.8) is 0 Å². The van der Waals surface area contributed by atoms with E-state index in [1.807, 2.05) is 59.3 Å². The van der Waals surface area contributed by atoms with Gasteiger partial charge in [0, 0.05) is 12.4 Å². The van der Waals surface area contributed by atoms with Crippen LogP contribution in [0.25, 0.3) is 22.7 Å². The highest BCUT2D eigenvalue weighted by atomic mass is 16.4. The summed E-state index contributed by atoms with van der Waals surface area (Å²) < 4.78 is 1.84. The van der Waals surface area contributed by atoms with Crippen LogP contribution in [0, 0.1) is 0 Å². The number of carboxylic acids is 1. The zero-order valence-electron chi connectivity index (χ0n) is 10.7. The van der Waals surface area contributed by atoms with Crippen LogP contribution < -0.4 is 0 Å². The van der Waals surface area contributed by atoms with Crippen LogP contribution in [0.4, 0.5) is 0 Å². The van der Waals surface area contributed by atoms with Crippen molar-refractivity contribution in [2.75, 3.05) is 0 Å². The number of rotatable bonds is 3. The van der Waals surface area contributed by atoms with Crippen molar-refractivity contribution < 1.29 is 9.90 Å². The average molecular weight is 263 g/mol. The predicted octanol–water partition coefficient (Wildman–Crippen LogP) is 3.72. The van der Waals surface area contributed by atoms with Crippen LogP contribution in [-0.2, 0) is 4.79 Å². The topological polar surface area (TPSA) is 42.2 Å². The second-order valence-electron chi connectivity index (χ2n) is 4.50. The van der Waals surface area contributed by atoms with Crippen molar-refractivity contribution in [2.24, 2.45) is 0 Å². The molecule has 0 unspecified atom stereocenters. The molecule has 2 aromatic carbocycles. The van der Waals surface area contributed by atoms with Gasteiger partial charge in [-0.1, -0.05) is 48.5 Å². The number of benzene rings is 2. The summed E-state index contributed by atoms with van der Waals surface area (Å²) in [6, 6.07) is 19.0. The highest BCUT2D eigenvalue weighted by molar-refractivity contribution is 6.19. The van der Waals surface area contributed by atoms with Gasteiger partial charge < -0.3 is 9.67 Å². The quantitative estimate of drug-likeness (QED) is 0.732. The Labute approximate surface area is 116 Å². The SMILES string of the molecule is O=C(O)C(=Cn1ccc2ccccc21)c1ccccc1. The summed E-state index contributed by atoms with van der Waals surface area (Å²) in [6.45, 7) is 0. The summed E-state index contributed by atoms with van der Waals surface area (Å²) in [5, 5.41) is 10.5. The van der Waals surface area contributed by atoms with Crippen LogP contribution >= 0.6 is 0 Å². The standard InChI is InChI=1S/C17H13NO2/c19-17(20)15(13-6-2-1-3-7-13)12-18-11-10-14-8-4-5-9-16(14)18/h1-12H,(H,19,20). The third kappa shape index (κ3) is 2.21. The van der Waals surface area contributed by atoms with Gasteiger partial charge in [-0.25, -0.2) is 4.79 Å². The summed E-state index contributed by atoms with van der Waals surface area (Å²) >= 11 is 0.